The lowest BCUT2D eigenvalue weighted by Crippen LogP contribution is -2.47. The van der Waals surface area contributed by atoms with Gasteiger partial charge in [-0.3, -0.25) is 4.79 Å². The molecule has 0 radical (unpaired) electrons. The maximum Gasteiger partial charge on any atom is 0.317 e. The van der Waals surface area contributed by atoms with E-state index >= 15 is 0 Å². The van der Waals surface area contributed by atoms with Gasteiger partial charge in [0.25, 0.3) is 0 Å². The number of hydrogen-bond acceptors (Lipinski definition) is 2. The van der Waals surface area contributed by atoms with Crippen LogP contribution in [0.1, 0.15) is 39.0 Å². The number of amides is 2. The molecule has 2 amide bonds. The van der Waals surface area contributed by atoms with Crippen molar-refractivity contribution in [2.75, 3.05) is 13.6 Å². The van der Waals surface area contributed by atoms with Gasteiger partial charge in [0, 0.05) is 19.6 Å². The van der Waals surface area contributed by atoms with E-state index in [0.717, 1.165) is 12.8 Å². The van der Waals surface area contributed by atoms with Crippen molar-refractivity contribution in [1.82, 2.24) is 10.2 Å². The molecule has 1 aliphatic rings. The zero-order valence-corrected chi connectivity index (χ0v) is 10.6. The largest absolute Gasteiger partial charge is 0.481 e. The second kappa shape index (κ2) is 6.47. The molecule has 0 aromatic rings. The van der Waals surface area contributed by atoms with Gasteiger partial charge in [0.1, 0.15) is 0 Å². The summed E-state index contributed by atoms with van der Waals surface area (Å²) in [5.41, 5.74) is 0. The summed E-state index contributed by atoms with van der Waals surface area (Å²) in [5, 5.41) is 11.1. The number of urea groups is 1. The average molecular weight is 242 g/mol. The predicted molar refractivity (Wildman–Crippen MR) is 64.8 cm³/mol. The normalized spacial score (nSPS) is 24.1. The van der Waals surface area contributed by atoms with Gasteiger partial charge in [0.05, 0.1) is 6.42 Å². The molecule has 1 fully saturated rings. The number of hydrogen-bond donors (Lipinski definition) is 2. The van der Waals surface area contributed by atoms with Gasteiger partial charge in [0.15, 0.2) is 0 Å². The fraction of sp³-hybridized carbons (Fsp3) is 0.833. The van der Waals surface area contributed by atoms with Gasteiger partial charge in [-0.15, -0.1) is 0 Å². The van der Waals surface area contributed by atoms with E-state index in [2.05, 4.69) is 12.2 Å². The highest BCUT2D eigenvalue weighted by Crippen LogP contribution is 2.27. The van der Waals surface area contributed by atoms with Crippen LogP contribution in [0.4, 0.5) is 4.79 Å². The van der Waals surface area contributed by atoms with Crippen LogP contribution in [0.3, 0.4) is 0 Å². The van der Waals surface area contributed by atoms with Crippen LogP contribution >= 0.6 is 0 Å². The molecule has 98 valence electrons. The number of carbonyl (C=O) groups is 2. The second-order valence-corrected chi connectivity index (χ2v) is 4.82. The first-order chi connectivity index (χ1) is 8.02. The van der Waals surface area contributed by atoms with Gasteiger partial charge in [-0.25, -0.2) is 4.79 Å². The number of nitrogens with zero attached hydrogens (tertiary/aromatic N) is 1. The van der Waals surface area contributed by atoms with Crippen molar-refractivity contribution in [3.8, 4) is 0 Å². The summed E-state index contributed by atoms with van der Waals surface area (Å²) in [6.07, 6.45) is 4.59. The highest BCUT2D eigenvalue weighted by molar-refractivity contribution is 5.75. The quantitative estimate of drug-likeness (QED) is 0.788. The summed E-state index contributed by atoms with van der Waals surface area (Å²) < 4.78 is 0. The Morgan fingerprint density at radius 2 is 2.00 bits per heavy atom. The maximum atomic E-state index is 11.8. The summed E-state index contributed by atoms with van der Waals surface area (Å²) >= 11 is 0. The van der Waals surface area contributed by atoms with Crippen LogP contribution in [-0.2, 0) is 4.79 Å². The number of nitrogens with one attached hydrogen (secondary N) is 1. The number of carbonyl (C=O) groups excluding carboxylic acids is 1. The van der Waals surface area contributed by atoms with E-state index in [4.69, 9.17) is 5.11 Å². The van der Waals surface area contributed by atoms with Crippen molar-refractivity contribution < 1.29 is 14.7 Å². The van der Waals surface area contributed by atoms with Crippen LogP contribution in [0.2, 0.25) is 0 Å². The lowest BCUT2D eigenvalue weighted by molar-refractivity contribution is -0.136. The monoisotopic (exact) mass is 242 g/mol. The number of rotatable bonds is 4. The Kier molecular flexibility index (Phi) is 5.25. The minimum atomic E-state index is -0.890. The Balaban J connectivity index is 2.37. The fourth-order valence-corrected chi connectivity index (χ4v) is 2.42. The van der Waals surface area contributed by atoms with Crippen LogP contribution in [0.25, 0.3) is 0 Å². The Morgan fingerprint density at radius 1 is 1.35 bits per heavy atom. The highest BCUT2D eigenvalue weighted by atomic mass is 16.4. The molecule has 1 saturated carbocycles. The van der Waals surface area contributed by atoms with Gasteiger partial charge in [0.2, 0.25) is 0 Å². The summed E-state index contributed by atoms with van der Waals surface area (Å²) in [7, 11) is 1.79. The van der Waals surface area contributed by atoms with E-state index < -0.39 is 5.97 Å². The third-order valence-electron chi connectivity index (χ3n) is 3.50. The summed E-state index contributed by atoms with van der Waals surface area (Å²) in [4.78, 5) is 23.9. The molecule has 2 atom stereocenters. The molecular formula is C12H22N2O3. The van der Waals surface area contributed by atoms with Crippen LogP contribution < -0.4 is 5.32 Å². The van der Waals surface area contributed by atoms with Gasteiger partial charge in [-0.1, -0.05) is 19.8 Å². The van der Waals surface area contributed by atoms with Crippen molar-refractivity contribution in [2.45, 2.75) is 45.1 Å². The molecule has 0 saturated heterocycles. The molecule has 0 spiro atoms. The lowest BCUT2D eigenvalue weighted by atomic mass is 9.85. The first-order valence-electron chi connectivity index (χ1n) is 6.25. The van der Waals surface area contributed by atoms with E-state index in [0.29, 0.717) is 5.92 Å². The van der Waals surface area contributed by atoms with Crippen molar-refractivity contribution in [3.63, 3.8) is 0 Å². The van der Waals surface area contributed by atoms with Crippen molar-refractivity contribution in [3.05, 3.63) is 0 Å². The first kappa shape index (κ1) is 13.8. The van der Waals surface area contributed by atoms with Gasteiger partial charge in [-0.2, -0.15) is 0 Å². The molecule has 0 aromatic heterocycles. The minimum absolute atomic E-state index is 0.0280. The molecular weight excluding hydrogens is 220 g/mol. The third-order valence-corrected chi connectivity index (χ3v) is 3.50. The van der Waals surface area contributed by atoms with Crippen molar-refractivity contribution >= 4 is 12.0 Å². The summed E-state index contributed by atoms with van der Waals surface area (Å²) in [6.45, 7) is 2.37. The molecule has 2 unspecified atom stereocenters. The molecule has 5 heteroatoms. The zero-order valence-electron chi connectivity index (χ0n) is 10.6. The Morgan fingerprint density at radius 3 is 2.59 bits per heavy atom. The molecule has 1 aliphatic carbocycles. The number of carboxylic acids is 1. The molecule has 0 heterocycles. The fourth-order valence-electron chi connectivity index (χ4n) is 2.42. The third kappa shape index (κ3) is 4.24. The topological polar surface area (TPSA) is 69.6 Å². The van der Waals surface area contributed by atoms with Gasteiger partial charge < -0.3 is 15.3 Å². The van der Waals surface area contributed by atoms with E-state index in [1.165, 1.54) is 12.8 Å². The average Bonchev–Trinajstić information content (AvgIpc) is 2.28. The summed E-state index contributed by atoms with van der Waals surface area (Å²) in [6, 6.07) is 0.124. The molecule has 0 aliphatic heterocycles. The SMILES string of the molecule is CC1CCCCC1N(C)C(=O)NCCC(=O)O. The smallest absolute Gasteiger partial charge is 0.317 e. The second-order valence-electron chi connectivity index (χ2n) is 4.82. The van der Waals surface area contributed by atoms with Crippen molar-refractivity contribution in [1.29, 1.82) is 0 Å². The zero-order chi connectivity index (χ0) is 12.8. The molecule has 1 rings (SSSR count). The molecule has 17 heavy (non-hydrogen) atoms. The van der Waals surface area contributed by atoms with Crippen LogP contribution in [0, 0.1) is 5.92 Å². The van der Waals surface area contributed by atoms with Crippen LogP contribution in [0.15, 0.2) is 0 Å². The maximum absolute atomic E-state index is 11.8. The standard InChI is InChI=1S/C12H22N2O3/c1-9-5-3-4-6-10(9)14(2)12(17)13-8-7-11(15)16/h9-10H,3-8H2,1-2H3,(H,13,17)(H,15,16). The van der Waals surface area contributed by atoms with Gasteiger partial charge in [-0.05, 0) is 18.8 Å². The van der Waals surface area contributed by atoms with E-state index in [9.17, 15) is 9.59 Å². The van der Waals surface area contributed by atoms with E-state index in [1.807, 2.05) is 0 Å². The minimum Gasteiger partial charge on any atom is -0.481 e. The number of carboxylic acid groups (broad SMARTS) is 1. The Labute approximate surface area is 102 Å². The summed E-state index contributed by atoms with van der Waals surface area (Å²) in [5.74, 6) is -0.363. The highest BCUT2D eigenvalue weighted by Gasteiger charge is 2.27. The van der Waals surface area contributed by atoms with Crippen molar-refractivity contribution in [2.24, 2.45) is 5.92 Å². The molecule has 0 bridgehead atoms. The van der Waals surface area contributed by atoms with Gasteiger partial charge >= 0.3 is 12.0 Å². The van der Waals surface area contributed by atoms with Crippen LogP contribution in [0.5, 0.6) is 0 Å². The van der Waals surface area contributed by atoms with E-state index in [1.54, 1.807) is 11.9 Å². The number of aliphatic carboxylic acids is 1. The Hall–Kier alpha value is -1.26. The van der Waals surface area contributed by atoms with E-state index in [-0.39, 0.29) is 25.0 Å². The molecule has 0 aromatic carbocycles. The predicted octanol–water partition coefficient (Wildman–Crippen LogP) is 1.68. The Bertz CT molecular complexity index is 281. The first-order valence-corrected chi connectivity index (χ1v) is 6.25. The van der Waals surface area contributed by atoms with Crippen LogP contribution in [-0.4, -0.2) is 41.6 Å². The lowest BCUT2D eigenvalue weighted by Gasteiger charge is -2.36. The molecule has 2 N–H and O–H groups in total. The molecule has 5 nitrogen and oxygen atoms in total.